The molecule has 0 aromatic heterocycles. The van der Waals surface area contributed by atoms with E-state index in [0.717, 1.165) is 24.8 Å². The summed E-state index contributed by atoms with van der Waals surface area (Å²) in [6.45, 7) is 7.19. The van der Waals surface area contributed by atoms with Gasteiger partial charge in [0.05, 0.1) is 7.11 Å². The fourth-order valence-corrected chi connectivity index (χ4v) is 3.59. The number of hydrogen-bond acceptors (Lipinski definition) is 4. The highest BCUT2D eigenvalue weighted by molar-refractivity contribution is 5.81. The highest BCUT2D eigenvalue weighted by atomic mass is 16.5. The van der Waals surface area contributed by atoms with Gasteiger partial charge >= 0.3 is 0 Å². The summed E-state index contributed by atoms with van der Waals surface area (Å²) < 4.78 is 11.0. The van der Waals surface area contributed by atoms with Crippen molar-refractivity contribution in [1.82, 2.24) is 10.2 Å². The van der Waals surface area contributed by atoms with Crippen molar-refractivity contribution in [2.75, 3.05) is 26.7 Å². The molecule has 1 aromatic carbocycles. The molecule has 146 valence electrons. The van der Waals surface area contributed by atoms with Crippen LogP contribution in [-0.2, 0) is 4.79 Å². The van der Waals surface area contributed by atoms with E-state index in [4.69, 9.17) is 9.47 Å². The molecule has 1 N–H and O–H groups in total. The Bertz CT molecular complexity index is 550. The lowest BCUT2D eigenvalue weighted by molar-refractivity contribution is -0.128. The molecule has 26 heavy (non-hydrogen) atoms. The molecule has 2 rings (SSSR count). The summed E-state index contributed by atoms with van der Waals surface area (Å²) in [6, 6.07) is 8.09. The Hall–Kier alpha value is -1.75. The Balaban J connectivity index is 1.74. The Morgan fingerprint density at radius 3 is 2.85 bits per heavy atom. The molecular formula is C21H34N2O3. The summed E-state index contributed by atoms with van der Waals surface area (Å²) >= 11 is 0. The molecule has 1 aliphatic rings. The Morgan fingerprint density at radius 2 is 2.12 bits per heavy atom. The molecule has 1 fully saturated rings. The van der Waals surface area contributed by atoms with Crippen LogP contribution in [0.15, 0.2) is 24.3 Å². The Kier molecular flexibility index (Phi) is 8.75. The summed E-state index contributed by atoms with van der Waals surface area (Å²) in [5, 5.41) is 3.03. The lowest BCUT2D eigenvalue weighted by atomic mass is 10.00. The van der Waals surface area contributed by atoms with Gasteiger partial charge in [-0.1, -0.05) is 26.3 Å². The van der Waals surface area contributed by atoms with Gasteiger partial charge in [-0.05, 0) is 50.8 Å². The van der Waals surface area contributed by atoms with Crippen LogP contribution in [0.4, 0.5) is 0 Å². The van der Waals surface area contributed by atoms with Crippen molar-refractivity contribution in [2.24, 2.45) is 0 Å². The monoisotopic (exact) mass is 362 g/mol. The number of nitrogens with one attached hydrogen (secondary N) is 1. The number of nitrogens with zero attached hydrogens (tertiary/aromatic N) is 1. The van der Waals surface area contributed by atoms with E-state index in [2.05, 4.69) is 17.1 Å². The van der Waals surface area contributed by atoms with Gasteiger partial charge in [-0.2, -0.15) is 0 Å². The van der Waals surface area contributed by atoms with Gasteiger partial charge in [-0.15, -0.1) is 0 Å². The molecule has 1 amide bonds. The second-order valence-electron chi connectivity index (χ2n) is 6.93. The second-order valence-corrected chi connectivity index (χ2v) is 6.93. The van der Waals surface area contributed by atoms with E-state index in [1.54, 1.807) is 13.2 Å². The maximum atomic E-state index is 12.4. The minimum Gasteiger partial charge on any atom is -0.497 e. The van der Waals surface area contributed by atoms with E-state index < -0.39 is 6.10 Å². The number of carbonyl (C=O) groups is 1. The van der Waals surface area contributed by atoms with Gasteiger partial charge in [-0.3, -0.25) is 4.79 Å². The standard InChI is InChI=1S/C21H34N2O3/c1-4-17-10-6-7-14-23(17)15-9-13-22-21(24)20(5-2)26-19-12-8-11-18(16-19)25-3/h8,11-12,16-17,20H,4-7,9-10,13-15H2,1-3H3,(H,22,24). The van der Waals surface area contributed by atoms with Gasteiger partial charge in [0, 0.05) is 25.2 Å². The molecule has 1 aromatic rings. The smallest absolute Gasteiger partial charge is 0.261 e. The van der Waals surface area contributed by atoms with Crippen LogP contribution in [0.2, 0.25) is 0 Å². The van der Waals surface area contributed by atoms with Crippen LogP contribution in [0.3, 0.4) is 0 Å². The normalized spacial score (nSPS) is 19.0. The molecule has 5 heteroatoms. The van der Waals surface area contributed by atoms with E-state index in [0.29, 0.717) is 18.7 Å². The van der Waals surface area contributed by atoms with E-state index in [1.807, 2.05) is 25.1 Å². The molecule has 5 nitrogen and oxygen atoms in total. The molecule has 1 saturated heterocycles. The third kappa shape index (κ3) is 6.20. The number of benzene rings is 1. The van der Waals surface area contributed by atoms with E-state index >= 15 is 0 Å². The summed E-state index contributed by atoms with van der Waals surface area (Å²) in [7, 11) is 1.62. The van der Waals surface area contributed by atoms with Crippen LogP contribution in [0.25, 0.3) is 0 Å². The molecule has 0 bridgehead atoms. The zero-order valence-corrected chi connectivity index (χ0v) is 16.5. The maximum Gasteiger partial charge on any atom is 0.261 e. The first kappa shape index (κ1) is 20.6. The molecule has 1 aliphatic heterocycles. The number of hydrogen-bond donors (Lipinski definition) is 1. The molecule has 1 heterocycles. The van der Waals surface area contributed by atoms with Crippen molar-refractivity contribution in [3.05, 3.63) is 24.3 Å². The predicted octanol–water partition coefficient (Wildman–Crippen LogP) is 3.62. The van der Waals surface area contributed by atoms with Crippen LogP contribution >= 0.6 is 0 Å². The molecule has 2 atom stereocenters. The number of ether oxygens (including phenoxy) is 2. The van der Waals surface area contributed by atoms with Gasteiger partial charge in [0.1, 0.15) is 11.5 Å². The topological polar surface area (TPSA) is 50.8 Å². The molecule has 2 unspecified atom stereocenters. The highest BCUT2D eigenvalue weighted by Crippen LogP contribution is 2.21. The van der Waals surface area contributed by atoms with Gasteiger partial charge in [0.15, 0.2) is 6.10 Å². The summed E-state index contributed by atoms with van der Waals surface area (Å²) in [5.41, 5.74) is 0. The number of methoxy groups -OCH3 is 1. The Morgan fingerprint density at radius 1 is 1.31 bits per heavy atom. The van der Waals surface area contributed by atoms with E-state index in [1.165, 1.54) is 32.2 Å². The number of likely N-dealkylation sites (tertiary alicyclic amines) is 1. The van der Waals surface area contributed by atoms with Gasteiger partial charge in [-0.25, -0.2) is 0 Å². The predicted molar refractivity (Wildman–Crippen MR) is 105 cm³/mol. The number of carbonyl (C=O) groups excluding carboxylic acids is 1. The molecular weight excluding hydrogens is 328 g/mol. The minimum absolute atomic E-state index is 0.0407. The minimum atomic E-state index is -0.472. The third-order valence-electron chi connectivity index (χ3n) is 5.12. The quantitative estimate of drug-likeness (QED) is 0.646. The van der Waals surface area contributed by atoms with Gasteiger partial charge in [0.25, 0.3) is 5.91 Å². The zero-order valence-electron chi connectivity index (χ0n) is 16.5. The van der Waals surface area contributed by atoms with Crippen molar-refractivity contribution in [3.8, 4) is 11.5 Å². The fourth-order valence-electron chi connectivity index (χ4n) is 3.59. The lowest BCUT2D eigenvalue weighted by Crippen LogP contribution is -2.42. The van der Waals surface area contributed by atoms with Crippen molar-refractivity contribution in [2.45, 2.75) is 64.5 Å². The first-order valence-electron chi connectivity index (χ1n) is 10.00. The largest absolute Gasteiger partial charge is 0.497 e. The number of rotatable bonds is 10. The van der Waals surface area contributed by atoms with Crippen molar-refractivity contribution in [1.29, 1.82) is 0 Å². The van der Waals surface area contributed by atoms with Crippen LogP contribution in [-0.4, -0.2) is 49.7 Å². The third-order valence-corrected chi connectivity index (χ3v) is 5.12. The first-order valence-corrected chi connectivity index (χ1v) is 10.00. The van der Waals surface area contributed by atoms with Crippen LogP contribution in [0, 0.1) is 0 Å². The van der Waals surface area contributed by atoms with Gasteiger partial charge < -0.3 is 19.7 Å². The molecule has 0 radical (unpaired) electrons. The van der Waals surface area contributed by atoms with Crippen molar-refractivity contribution >= 4 is 5.91 Å². The lowest BCUT2D eigenvalue weighted by Gasteiger charge is -2.35. The van der Waals surface area contributed by atoms with Crippen LogP contribution < -0.4 is 14.8 Å². The second kappa shape index (κ2) is 11.1. The fraction of sp³-hybridized carbons (Fsp3) is 0.667. The maximum absolute atomic E-state index is 12.4. The highest BCUT2D eigenvalue weighted by Gasteiger charge is 2.21. The average molecular weight is 363 g/mol. The van der Waals surface area contributed by atoms with Crippen LogP contribution in [0.5, 0.6) is 11.5 Å². The van der Waals surface area contributed by atoms with Crippen molar-refractivity contribution < 1.29 is 14.3 Å². The average Bonchev–Trinajstić information content (AvgIpc) is 2.69. The van der Waals surface area contributed by atoms with Gasteiger partial charge in [0.2, 0.25) is 0 Å². The van der Waals surface area contributed by atoms with Crippen LogP contribution in [0.1, 0.15) is 52.4 Å². The molecule has 0 aliphatic carbocycles. The molecule has 0 saturated carbocycles. The Labute approximate surface area is 158 Å². The number of amides is 1. The zero-order chi connectivity index (χ0) is 18.8. The van der Waals surface area contributed by atoms with E-state index in [-0.39, 0.29) is 5.91 Å². The number of piperidine rings is 1. The first-order chi connectivity index (χ1) is 12.7. The SMILES string of the molecule is CCC(Oc1cccc(OC)c1)C(=O)NCCCN1CCCCC1CC. The van der Waals surface area contributed by atoms with Crippen molar-refractivity contribution in [3.63, 3.8) is 0 Å². The molecule has 0 spiro atoms. The summed E-state index contributed by atoms with van der Waals surface area (Å²) in [6.07, 6.45) is 6.33. The summed E-state index contributed by atoms with van der Waals surface area (Å²) in [5.74, 6) is 1.34. The summed E-state index contributed by atoms with van der Waals surface area (Å²) in [4.78, 5) is 15.0. The van der Waals surface area contributed by atoms with E-state index in [9.17, 15) is 4.79 Å².